The van der Waals surface area contributed by atoms with Gasteiger partial charge in [-0.15, -0.1) is 0 Å². The minimum Gasteiger partial charge on any atom is -0.481 e. The van der Waals surface area contributed by atoms with Crippen LogP contribution in [0.15, 0.2) is 4.52 Å². The van der Waals surface area contributed by atoms with Crippen molar-refractivity contribution >= 4 is 5.97 Å². The molecule has 0 amide bonds. The molecule has 72 valence electrons. The maximum absolute atomic E-state index is 10.2. The fourth-order valence-electron chi connectivity index (χ4n) is 0.926. The van der Waals surface area contributed by atoms with Crippen LogP contribution in [0.3, 0.4) is 0 Å². The van der Waals surface area contributed by atoms with Crippen molar-refractivity contribution in [2.45, 2.75) is 32.6 Å². The summed E-state index contributed by atoms with van der Waals surface area (Å²) in [6.07, 6.45) is 1.96. The molecule has 0 spiro atoms. The first-order chi connectivity index (χ1) is 6.22. The number of aryl methyl sites for hydroxylation is 2. The Morgan fingerprint density at radius 1 is 1.62 bits per heavy atom. The predicted molar refractivity (Wildman–Crippen MR) is 44.2 cm³/mol. The monoisotopic (exact) mass is 184 g/mol. The molecule has 0 aliphatic heterocycles. The Hall–Kier alpha value is -1.39. The van der Waals surface area contributed by atoms with Crippen LogP contribution in [0.25, 0.3) is 0 Å². The van der Waals surface area contributed by atoms with E-state index in [-0.39, 0.29) is 6.42 Å². The van der Waals surface area contributed by atoms with Crippen molar-refractivity contribution in [3.63, 3.8) is 0 Å². The molecule has 0 unspecified atom stereocenters. The smallest absolute Gasteiger partial charge is 0.303 e. The summed E-state index contributed by atoms with van der Waals surface area (Å²) in [4.78, 5) is 14.2. The minimum absolute atomic E-state index is 0.143. The van der Waals surface area contributed by atoms with Crippen molar-refractivity contribution in [3.05, 3.63) is 11.7 Å². The molecule has 0 saturated heterocycles. The van der Waals surface area contributed by atoms with Gasteiger partial charge in [-0.05, 0) is 6.42 Å². The number of aromatic nitrogens is 2. The Labute approximate surface area is 75.8 Å². The summed E-state index contributed by atoms with van der Waals surface area (Å²) in [5.41, 5.74) is 0. The zero-order valence-electron chi connectivity index (χ0n) is 7.49. The van der Waals surface area contributed by atoms with Gasteiger partial charge in [0.2, 0.25) is 5.89 Å². The van der Waals surface area contributed by atoms with E-state index in [0.29, 0.717) is 24.6 Å². The molecule has 0 aromatic carbocycles. The van der Waals surface area contributed by atoms with Gasteiger partial charge in [-0.3, -0.25) is 4.79 Å². The standard InChI is InChI=1S/C8H12N2O3/c1-2-6-9-7(13-10-6)4-3-5-8(11)12/h2-5H2,1H3,(H,11,12). The molecular formula is C8H12N2O3. The van der Waals surface area contributed by atoms with Crippen LogP contribution in [-0.4, -0.2) is 21.2 Å². The summed E-state index contributed by atoms with van der Waals surface area (Å²) < 4.78 is 4.88. The average Bonchev–Trinajstić information content (AvgIpc) is 2.52. The summed E-state index contributed by atoms with van der Waals surface area (Å²) in [6, 6.07) is 0. The van der Waals surface area contributed by atoms with Gasteiger partial charge in [-0.2, -0.15) is 4.98 Å². The lowest BCUT2D eigenvalue weighted by Gasteiger charge is -1.90. The molecule has 0 aliphatic carbocycles. The first kappa shape index (κ1) is 9.70. The van der Waals surface area contributed by atoms with E-state index in [2.05, 4.69) is 10.1 Å². The van der Waals surface area contributed by atoms with Crippen LogP contribution in [0.4, 0.5) is 0 Å². The predicted octanol–water partition coefficient (Wildman–Crippen LogP) is 1.04. The van der Waals surface area contributed by atoms with Gasteiger partial charge in [0.05, 0.1) is 0 Å². The third-order valence-electron chi connectivity index (χ3n) is 1.61. The molecule has 1 rings (SSSR count). The molecular weight excluding hydrogens is 172 g/mol. The topological polar surface area (TPSA) is 76.2 Å². The molecule has 0 bridgehead atoms. The molecule has 1 aromatic heterocycles. The highest BCUT2D eigenvalue weighted by Crippen LogP contribution is 2.03. The molecule has 13 heavy (non-hydrogen) atoms. The Bertz CT molecular complexity index is 283. The van der Waals surface area contributed by atoms with Crippen LogP contribution in [0, 0.1) is 0 Å². The second-order valence-corrected chi connectivity index (χ2v) is 2.71. The molecule has 0 radical (unpaired) electrons. The number of carbonyl (C=O) groups is 1. The molecule has 0 fully saturated rings. The summed E-state index contributed by atoms with van der Waals surface area (Å²) >= 11 is 0. The minimum atomic E-state index is -0.796. The summed E-state index contributed by atoms with van der Waals surface area (Å²) in [5.74, 6) is 0.402. The van der Waals surface area contributed by atoms with Crippen molar-refractivity contribution in [3.8, 4) is 0 Å². The van der Waals surface area contributed by atoms with E-state index in [1.807, 2.05) is 6.92 Å². The van der Waals surface area contributed by atoms with Gasteiger partial charge < -0.3 is 9.63 Å². The van der Waals surface area contributed by atoms with Crippen LogP contribution in [0.1, 0.15) is 31.5 Å². The largest absolute Gasteiger partial charge is 0.481 e. The zero-order chi connectivity index (χ0) is 9.68. The molecule has 0 aliphatic rings. The van der Waals surface area contributed by atoms with Crippen molar-refractivity contribution < 1.29 is 14.4 Å². The van der Waals surface area contributed by atoms with E-state index in [4.69, 9.17) is 9.63 Å². The highest BCUT2D eigenvalue weighted by atomic mass is 16.5. The fourth-order valence-corrected chi connectivity index (χ4v) is 0.926. The first-order valence-electron chi connectivity index (χ1n) is 4.25. The van der Waals surface area contributed by atoms with Crippen LogP contribution in [0.5, 0.6) is 0 Å². The molecule has 5 heteroatoms. The zero-order valence-corrected chi connectivity index (χ0v) is 7.49. The lowest BCUT2D eigenvalue weighted by Crippen LogP contribution is -1.96. The van der Waals surface area contributed by atoms with Crippen LogP contribution >= 0.6 is 0 Å². The number of aliphatic carboxylic acids is 1. The Morgan fingerprint density at radius 2 is 2.38 bits per heavy atom. The molecule has 0 saturated carbocycles. The fraction of sp³-hybridized carbons (Fsp3) is 0.625. The van der Waals surface area contributed by atoms with Gasteiger partial charge in [-0.1, -0.05) is 12.1 Å². The molecule has 1 heterocycles. The lowest BCUT2D eigenvalue weighted by atomic mass is 10.2. The average molecular weight is 184 g/mol. The van der Waals surface area contributed by atoms with Gasteiger partial charge in [0.25, 0.3) is 0 Å². The van der Waals surface area contributed by atoms with Crippen LogP contribution in [0.2, 0.25) is 0 Å². The highest BCUT2D eigenvalue weighted by Gasteiger charge is 2.05. The molecule has 1 N–H and O–H groups in total. The molecule has 0 atom stereocenters. The number of hydrogen-bond acceptors (Lipinski definition) is 4. The number of hydrogen-bond donors (Lipinski definition) is 1. The lowest BCUT2D eigenvalue weighted by molar-refractivity contribution is -0.137. The van der Waals surface area contributed by atoms with Gasteiger partial charge >= 0.3 is 5.97 Å². The Balaban J connectivity index is 2.32. The number of nitrogens with zero attached hydrogens (tertiary/aromatic N) is 2. The second kappa shape index (κ2) is 4.59. The van der Waals surface area contributed by atoms with Crippen LogP contribution in [-0.2, 0) is 17.6 Å². The van der Waals surface area contributed by atoms with Crippen LogP contribution < -0.4 is 0 Å². The second-order valence-electron chi connectivity index (χ2n) is 2.71. The maximum Gasteiger partial charge on any atom is 0.303 e. The van der Waals surface area contributed by atoms with Crippen molar-refractivity contribution in [1.82, 2.24) is 10.1 Å². The van der Waals surface area contributed by atoms with E-state index in [9.17, 15) is 4.79 Å². The van der Waals surface area contributed by atoms with Gasteiger partial charge in [-0.25, -0.2) is 0 Å². The van der Waals surface area contributed by atoms with Crippen molar-refractivity contribution in [2.24, 2.45) is 0 Å². The van der Waals surface area contributed by atoms with Gasteiger partial charge in [0, 0.05) is 19.3 Å². The summed E-state index contributed by atoms with van der Waals surface area (Å²) in [5, 5.41) is 12.1. The number of rotatable bonds is 5. The van der Waals surface area contributed by atoms with Gasteiger partial charge in [0.15, 0.2) is 5.82 Å². The quantitative estimate of drug-likeness (QED) is 0.739. The summed E-state index contributed by atoms with van der Waals surface area (Å²) in [7, 11) is 0. The van der Waals surface area contributed by atoms with E-state index in [0.717, 1.165) is 6.42 Å². The SMILES string of the molecule is CCc1noc(CCCC(=O)O)n1. The Kier molecular flexibility index (Phi) is 3.42. The van der Waals surface area contributed by atoms with E-state index < -0.39 is 5.97 Å². The van der Waals surface area contributed by atoms with Gasteiger partial charge in [0.1, 0.15) is 0 Å². The third-order valence-corrected chi connectivity index (χ3v) is 1.61. The third kappa shape index (κ3) is 3.23. The number of carboxylic acids is 1. The van der Waals surface area contributed by atoms with Crippen molar-refractivity contribution in [1.29, 1.82) is 0 Å². The molecule has 1 aromatic rings. The maximum atomic E-state index is 10.2. The summed E-state index contributed by atoms with van der Waals surface area (Å²) in [6.45, 7) is 1.94. The van der Waals surface area contributed by atoms with E-state index in [1.165, 1.54) is 0 Å². The normalized spacial score (nSPS) is 10.2. The van der Waals surface area contributed by atoms with E-state index >= 15 is 0 Å². The van der Waals surface area contributed by atoms with E-state index in [1.54, 1.807) is 0 Å². The highest BCUT2D eigenvalue weighted by molar-refractivity contribution is 5.66. The Morgan fingerprint density at radius 3 is 2.92 bits per heavy atom. The number of carboxylic acid groups (broad SMARTS) is 1. The first-order valence-corrected chi connectivity index (χ1v) is 4.25. The van der Waals surface area contributed by atoms with Crippen molar-refractivity contribution in [2.75, 3.05) is 0 Å². The molecule has 5 nitrogen and oxygen atoms in total.